The molecule has 0 spiro atoms. The molecule has 2 atom stereocenters. The van der Waals surface area contributed by atoms with Gasteiger partial charge >= 0.3 is 0 Å². The van der Waals surface area contributed by atoms with Crippen molar-refractivity contribution in [3.8, 4) is 0 Å². The highest BCUT2D eigenvalue weighted by molar-refractivity contribution is 5.47. The van der Waals surface area contributed by atoms with E-state index in [9.17, 15) is 0 Å². The molecule has 1 aliphatic carbocycles. The van der Waals surface area contributed by atoms with Crippen molar-refractivity contribution in [2.75, 3.05) is 23.7 Å². The average Bonchev–Trinajstić information content (AvgIpc) is 2.82. The zero-order valence-corrected chi connectivity index (χ0v) is 13.2. The van der Waals surface area contributed by atoms with Crippen molar-refractivity contribution >= 4 is 11.6 Å². The number of hydrogen-bond acceptors (Lipinski definition) is 4. The maximum absolute atomic E-state index is 4.64. The lowest BCUT2D eigenvalue weighted by Crippen LogP contribution is -2.18. The molecule has 20 heavy (non-hydrogen) atoms. The number of nitrogens with zero attached hydrogens (tertiary/aromatic N) is 2. The Bertz CT molecular complexity index is 430. The van der Waals surface area contributed by atoms with E-state index in [0.29, 0.717) is 5.92 Å². The fraction of sp³-hybridized carbons (Fsp3) is 0.750. The van der Waals surface area contributed by atoms with E-state index in [4.69, 9.17) is 0 Å². The third-order valence-corrected chi connectivity index (χ3v) is 4.20. The van der Waals surface area contributed by atoms with Gasteiger partial charge in [0.15, 0.2) is 0 Å². The van der Waals surface area contributed by atoms with E-state index < -0.39 is 0 Å². The first-order chi connectivity index (χ1) is 9.60. The molecule has 0 radical (unpaired) electrons. The Morgan fingerprint density at radius 3 is 2.45 bits per heavy atom. The summed E-state index contributed by atoms with van der Waals surface area (Å²) in [5, 5.41) is 6.81. The van der Waals surface area contributed by atoms with E-state index in [1.807, 2.05) is 6.07 Å². The van der Waals surface area contributed by atoms with Gasteiger partial charge in [0, 0.05) is 25.1 Å². The third kappa shape index (κ3) is 3.84. The molecule has 0 bridgehead atoms. The van der Waals surface area contributed by atoms with E-state index in [1.54, 1.807) is 0 Å². The molecule has 112 valence electrons. The molecule has 0 aliphatic heterocycles. The van der Waals surface area contributed by atoms with Crippen LogP contribution in [0.15, 0.2) is 6.07 Å². The van der Waals surface area contributed by atoms with Gasteiger partial charge < -0.3 is 10.6 Å². The molecule has 1 aromatic heterocycles. The van der Waals surface area contributed by atoms with E-state index in [0.717, 1.165) is 42.4 Å². The molecule has 1 aromatic rings. The van der Waals surface area contributed by atoms with Crippen LogP contribution >= 0.6 is 0 Å². The van der Waals surface area contributed by atoms with Gasteiger partial charge in [0.1, 0.15) is 17.5 Å². The van der Waals surface area contributed by atoms with Gasteiger partial charge in [-0.1, -0.05) is 33.6 Å². The normalized spacial score (nSPS) is 22.2. The van der Waals surface area contributed by atoms with Crippen LogP contribution in [0.3, 0.4) is 0 Å². The highest BCUT2D eigenvalue weighted by atomic mass is 15.1. The van der Waals surface area contributed by atoms with Crippen LogP contribution in [-0.4, -0.2) is 23.1 Å². The minimum Gasteiger partial charge on any atom is -0.370 e. The van der Waals surface area contributed by atoms with Gasteiger partial charge in [-0.25, -0.2) is 9.97 Å². The van der Waals surface area contributed by atoms with E-state index in [-0.39, 0.29) is 0 Å². The first-order valence-electron chi connectivity index (χ1n) is 7.96. The summed E-state index contributed by atoms with van der Waals surface area (Å²) in [6.45, 7) is 10.6. The zero-order valence-electron chi connectivity index (χ0n) is 13.2. The molecule has 0 amide bonds. The third-order valence-electron chi connectivity index (χ3n) is 4.20. The molecule has 4 heteroatoms. The maximum atomic E-state index is 4.64. The fourth-order valence-corrected chi connectivity index (χ4v) is 2.85. The molecule has 1 fully saturated rings. The lowest BCUT2D eigenvalue weighted by atomic mass is 9.98. The summed E-state index contributed by atoms with van der Waals surface area (Å²) in [7, 11) is 0. The average molecular weight is 276 g/mol. The number of nitrogens with one attached hydrogen (secondary N) is 2. The van der Waals surface area contributed by atoms with Gasteiger partial charge in [-0.3, -0.25) is 0 Å². The summed E-state index contributed by atoms with van der Waals surface area (Å²) in [5.41, 5.74) is 0. The minimum absolute atomic E-state index is 0.347. The Hall–Kier alpha value is -1.32. The van der Waals surface area contributed by atoms with Gasteiger partial charge in [0.05, 0.1) is 0 Å². The largest absolute Gasteiger partial charge is 0.370 e. The molecule has 2 rings (SSSR count). The van der Waals surface area contributed by atoms with Gasteiger partial charge in [-0.15, -0.1) is 0 Å². The van der Waals surface area contributed by atoms with Crippen molar-refractivity contribution < 1.29 is 0 Å². The van der Waals surface area contributed by atoms with E-state index in [1.165, 1.54) is 19.3 Å². The molecule has 0 aromatic carbocycles. The van der Waals surface area contributed by atoms with Crippen LogP contribution in [0.1, 0.15) is 58.7 Å². The topological polar surface area (TPSA) is 49.8 Å². The second kappa shape index (κ2) is 6.91. The highest BCUT2D eigenvalue weighted by Crippen LogP contribution is 2.31. The Kier molecular flexibility index (Phi) is 5.21. The van der Waals surface area contributed by atoms with Crippen LogP contribution in [0, 0.1) is 11.8 Å². The second-order valence-corrected chi connectivity index (χ2v) is 6.23. The Morgan fingerprint density at radius 1 is 1.20 bits per heavy atom. The van der Waals surface area contributed by atoms with E-state index >= 15 is 0 Å². The minimum atomic E-state index is 0.347. The van der Waals surface area contributed by atoms with Gasteiger partial charge in [-0.05, 0) is 25.2 Å². The standard InChI is InChI=1S/C16H28N4/c1-5-17-14-9-15(20-16(19-14)11(2)3)18-10-13-8-6-7-12(13)4/h9,11-13H,5-8,10H2,1-4H3,(H2,17,18,19,20). The molecule has 1 aliphatic rings. The summed E-state index contributed by atoms with van der Waals surface area (Å²) < 4.78 is 0. The Labute approximate surface area is 122 Å². The van der Waals surface area contributed by atoms with Crippen molar-refractivity contribution in [1.82, 2.24) is 9.97 Å². The number of hydrogen-bond donors (Lipinski definition) is 2. The monoisotopic (exact) mass is 276 g/mol. The van der Waals surface area contributed by atoms with Gasteiger partial charge in [0.2, 0.25) is 0 Å². The summed E-state index contributed by atoms with van der Waals surface area (Å²) in [5.74, 6) is 4.76. The lowest BCUT2D eigenvalue weighted by Gasteiger charge is -2.17. The van der Waals surface area contributed by atoms with Crippen molar-refractivity contribution in [3.05, 3.63) is 11.9 Å². The maximum Gasteiger partial charge on any atom is 0.135 e. The summed E-state index contributed by atoms with van der Waals surface area (Å²) in [6.07, 6.45) is 4.09. The molecule has 2 N–H and O–H groups in total. The molecule has 1 heterocycles. The number of anilines is 2. The van der Waals surface area contributed by atoms with Crippen molar-refractivity contribution in [2.45, 2.75) is 52.9 Å². The van der Waals surface area contributed by atoms with Crippen LogP contribution in [0.5, 0.6) is 0 Å². The Balaban J connectivity index is 2.05. The quantitative estimate of drug-likeness (QED) is 0.828. The van der Waals surface area contributed by atoms with Crippen LogP contribution in [0.4, 0.5) is 11.6 Å². The van der Waals surface area contributed by atoms with Crippen LogP contribution in [0.2, 0.25) is 0 Å². The van der Waals surface area contributed by atoms with E-state index in [2.05, 4.69) is 48.3 Å². The fourth-order valence-electron chi connectivity index (χ4n) is 2.85. The molecular weight excluding hydrogens is 248 g/mol. The first-order valence-corrected chi connectivity index (χ1v) is 7.96. The lowest BCUT2D eigenvalue weighted by molar-refractivity contribution is 0.439. The highest BCUT2D eigenvalue weighted by Gasteiger charge is 2.23. The Morgan fingerprint density at radius 2 is 1.90 bits per heavy atom. The van der Waals surface area contributed by atoms with Crippen LogP contribution in [0.25, 0.3) is 0 Å². The first kappa shape index (κ1) is 15.1. The molecule has 1 saturated carbocycles. The number of aromatic nitrogens is 2. The van der Waals surface area contributed by atoms with Crippen molar-refractivity contribution in [2.24, 2.45) is 11.8 Å². The SMILES string of the molecule is CCNc1cc(NCC2CCCC2C)nc(C(C)C)n1. The zero-order chi connectivity index (χ0) is 14.5. The molecule has 4 nitrogen and oxygen atoms in total. The van der Waals surface area contributed by atoms with Crippen molar-refractivity contribution in [3.63, 3.8) is 0 Å². The predicted molar refractivity (Wildman–Crippen MR) is 85.3 cm³/mol. The molecule has 0 saturated heterocycles. The summed E-state index contributed by atoms with van der Waals surface area (Å²) >= 11 is 0. The molecule has 2 unspecified atom stereocenters. The molecular formula is C16H28N4. The summed E-state index contributed by atoms with van der Waals surface area (Å²) in [6, 6.07) is 2.02. The summed E-state index contributed by atoms with van der Waals surface area (Å²) in [4.78, 5) is 9.19. The number of rotatable bonds is 6. The smallest absolute Gasteiger partial charge is 0.135 e. The van der Waals surface area contributed by atoms with Crippen LogP contribution < -0.4 is 10.6 Å². The van der Waals surface area contributed by atoms with Gasteiger partial charge in [-0.2, -0.15) is 0 Å². The predicted octanol–water partition coefficient (Wildman–Crippen LogP) is 3.88. The second-order valence-electron chi connectivity index (χ2n) is 6.23. The van der Waals surface area contributed by atoms with Crippen molar-refractivity contribution in [1.29, 1.82) is 0 Å². The van der Waals surface area contributed by atoms with Crippen LogP contribution in [-0.2, 0) is 0 Å². The van der Waals surface area contributed by atoms with Gasteiger partial charge in [0.25, 0.3) is 0 Å².